The normalized spacial score (nSPS) is 18.4. The minimum Gasteiger partial charge on any atom is -0.316 e. The van der Waals surface area contributed by atoms with Crippen molar-refractivity contribution in [2.75, 3.05) is 20.1 Å². The number of aromatic nitrogens is 2. The molecule has 0 spiro atoms. The lowest BCUT2D eigenvalue weighted by atomic mass is 10.0. The Morgan fingerprint density at radius 2 is 2.14 bits per heavy atom. The average Bonchev–Trinajstić information content (AvgIpc) is 3.09. The molecule has 5 heteroatoms. The van der Waals surface area contributed by atoms with E-state index in [-0.39, 0.29) is 12.4 Å². The highest BCUT2D eigenvalue weighted by atomic mass is 35.5. The summed E-state index contributed by atoms with van der Waals surface area (Å²) in [6.07, 6.45) is 3.11. The van der Waals surface area contributed by atoms with Gasteiger partial charge in [-0.05, 0) is 38.1 Å². The SMILES string of the molecule is CNC1CCN(Cc2ccc(C)cc2-c2ccnn2C)C1.Cl. The van der Waals surface area contributed by atoms with Gasteiger partial charge in [-0.3, -0.25) is 9.58 Å². The maximum absolute atomic E-state index is 4.31. The highest BCUT2D eigenvalue weighted by Crippen LogP contribution is 2.26. The van der Waals surface area contributed by atoms with Crippen molar-refractivity contribution in [3.8, 4) is 11.3 Å². The van der Waals surface area contributed by atoms with Crippen molar-refractivity contribution in [1.82, 2.24) is 20.0 Å². The monoisotopic (exact) mass is 320 g/mol. The lowest BCUT2D eigenvalue weighted by Crippen LogP contribution is -2.29. The fraction of sp³-hybridized carbons (Fsp3) is 0.471. The Labute approximate surface area is 138 Å². The number of rotatable bonds is 4. The summed E-state index contributed by atoms with van der Waals surface area (Å²) < 4.78 is 1.96. The van der Waals surface area contributed by atoms with Crippen LogP contribution in [0.2, 0.25) is 0 Å². The van der Waals surface area contributed by atoms with E-state index >= 15 is 0 Å². The molecule has 2 heterocycles. The molecule has 1 aromatic heterocycles. The van der Waals surface area contributed by atoms with Crippen LogP contribution in [-0.4, -0.2) is 40.9 Å². The number of benzene rings is 1. The fourth-order valence-electron chi connectivity index (χ4n) is 3.16. The highest BCUT2D eigenvalue weighted by molar-refractivity contribution is 5.85. The molecule has 0 amide bonds. The number of halogens is 1. The number of likely N-dealkylation sites (N-methyl/N-ethyl adjacent to an activating group) is 1. The van der Waals surface area contributed by atoms with E-state index < -0.39 is 0 Å². The molecule has 0 aliphatic carbocycles. The minimum absolute atomic E-state index is 0. The van der Waals surface area contributed by atoms with Gasteiger partial charge in [0.2, 0.25) is 0 Å². The summed E-state index contributed by atoms with van der Waals surface area (Å²) in [6.45, 7) is 5.47. The molecule has 1 atom stereocenters. The summed E-state index contributed by atoms with van der Waals surface area (Å²) in [7, 11) is 4.06. The van der Waals surface area contributed by atoms with Crippen LogP contribution >= 0.6 is 12.4 Å². The van der Waals surface area contributed by atoms with E-state index in [4.69, 9.17) is 0 Å². The van der Waals surface area contributed by atoms with E-state index in [1.807, 2.05) is 17.9 Å². The van der Waals surface area contributed by atoms with Gasteiger partial charge in [0.1, 0.15) is 0 Å². The van der Waals surface area contributed by atoms with E-state index in [1.165, 1.54) is 35.3 Å². The van der Waals surface area contributed by atoms with Gasteiger partial charge in [-0.25, -0.2) is 0 Å². The first-order chi connectivity index (χ1) is 10.2. The summed E-state index contributed by atoms with van der Waals surface area (Å²) in [5, 5.41) is 7.70. The molecule has 1 saturated heterocycles. The van der Waals surface area contributed by atoms with Gasteiger partial charge in [-0.15, -0.1) is 12.4 Å². The Kier molecular flexibility index (Phi) is 5.62. The van der Waals surface area contributed by atoms with Crippen LogP contribution in [0.25, 0.3) is 11.3 Å². The molecular formula is C17H25ClN4. The van der Waals surface area contributed by atoms with Gasteiger partial charge in [0, 0.05) is 44.5 Å². The van der Waals surface area contributed by atoms with Gasteiger partial charge in [0.25, 0.3) is 0 Å². The summed E-state index contributed by atoms with van der Waals surface area (Å²) in [5.74, 6) is 0. The largest absolute Gasteiger partial charge is 0.316 e. The second-order valence-corrected chi connectivity index (χ2v) is 6.01. The van der Waals surface area contributed by atoms with Crippen LogP contribution in [-0.2, 0) is 13.6 Å². The second-order valence-electron chi connectivity index (χ2n) is 6.01. The number of hydrogen-bond acceptors (Lipinski definition) is 3. The first-order valence-corrected chi connectivity index (χ1v) is 7.65. The molecule has 2 aromatic rings. The molecular weight excluding hydrogens is 296 g/mol. The molecule has 1 aliphatic heterocycles. The topological polar surface area (TPSA) is 33.1 Å². The zero-order valence-corrected chi connectivity index (χ0v) is 14.4. The van der Waals surface area contributed by atoms with Crippen LogP contribution in [0.4, 0.5) is 0 Å². The summed E-state index contributed by atoms with van der Waals surface area (Å²) in [6, 6.07) is 9.48. The van der Waals surface area contributed by atoms with E-state index in [9.17, 15) is 0 Å². The first kappa shape index (κ1) is 17.0. The van der Waals surface area contributed by atoms with Crippen molar-refractivity contribution in [1.29, 1.82) is 0 Å². The van der Waals surface area contributed by atoms with E-state index in [1.54, 1.807) is 0 Å². The number of hydrogen-bond donors (Lipinski definition) is 1. The second kappa shape index (κ2) is 7.27. The molecule has 1 unspecified atom stereocenters. The van der Waals surface area contributed by atoms with Gasteiger partial charge in [0.15, 0.2) is 0 Å². The van der Waals surface area contributed by atoms with Gasteiger partial charge in [-0.2, -0.15) is 5.10 Å². The van der Waals surface area contributed by atoms with Gasteiger partial charge in [-0.1, -0.05) is 17.7 Å². The van der Waals surface area contributed by atoms with Crippen LogP contribution < -0.4 is 5.32 Å². The predicted octanol–water partition coefficient (Wildman–Crippen LogP) is 2.61. The van der Waals surface area contributed by atoms with Crippen molar-refractivity contribution in [2.45, 2.75) is 25.9 Å². The lowest BCUT2D eigenvalue weighted by Gasteiger charge is -2.19. The van der Waals surface area contributed by atoms with E-state index in [0.717, 1.165) is 13.1 Å². The zero-order valence-electron chi connectivity index (χ0n) is 13.5. The van der Waals surface area contributed by atoms with Crippen molar-refractivity contribution in [2.24, 2.45) is 7.05 Å². The van der Waals surface area contributed by atoms with Crippen LogP contribution in [0, 0.1) is 6.92 Å². The molecule has 120 valence electrons. The lowest BCUT2D eigenvalue weighted by molar-refractivity contribution is 0.323. The molecule has 1 fully saturated rings. The molecule has 4 nitrogen and oxygen atoms in total. The Balaban J connectivity index is 0.00000176. The third kappa shape index (κ3) is 3.51. The molecule has 1 aliphatic rings. The highest BCUT2D eigenvalue weighted by Gasteiger charge is 2.22. The zero-order chi connectivity index (χ0) is 14.8. The van der Waals surface area contributed by atoms with Crippen molar-refractivity contribution in [3.63, 3.8) is 0 Å². The van der Waals surface area contributed by atoms with Crippen molar-refractivity contribution < 1.29 is 0 Å². The summed E-state index contributed by atoms with van der Waals surface area (Å²) in [4.78, 5) is 2.53. The third-order valence-corrected chi connectivity index (χ3v) is 4.44. The standard InChI is InChI=1S/C17H24N4.ClH/c1-13-4-5-14(11-21-9-7-15(12-21)18-2)16(10-13)17-6-8-19-20(17)3;/h4-6,8,10,15,18H,7,9,11-12H2,1-3H3;1H. The van der Waals surface area contributed by atoms with Gasteiger partial charge >= 0.3 is 0 Å². The van der Waals surface area contributed by atoms with Gasteiger partial charge in [0.05, 0.1) is 5.69 Å². The summed E-state index contributed by atoms with van der Waals surface area (Å²) in [5.41, 5.74) is 5.19. The van der Waals surface area contributed by atoms with Gasteiger partial charge < -0.3 is 5.32 Å². The minimum atomic E-state index is 0. The van der Waals surface area contributed by atoms with E-state index in [0.29, 0.717) is 6.04 Å². The van der Waals surface area contributed by atoms with Crippen LogP contribution in [0.5, 0.6) is 0 Å². The maximum Gasteiger partial charge on any atom is 0.0682 e. The Bertz CT molecular complexity index is 623. The Morgan fingerprint density at radius 1 is 1.32 bits per heavy atom. The Morgan fingerprint density at radius 3 is 2.77 bits per heavy atom. The maximum atomic E-state index is 4.31. The molecule has 1 aromatic carbocycles. The molecule has 0 saturated carbocycles. The Hall–Kier alpha value is -1.36. The van der Waals surface area contributed by atoms with Crippen LogP contribution in [0.15, 0.2) is 30.5 Å². The fourth-order valence-corrected chi connectivity index (χ4v) is 3.16. The quantitative estimate of drug-likeness (QED) is 0.940. The van der Waals surface area contributed by atoms with Crippen LogP contribution in [0.3, 0.4) is 0 Å². The summed E-state index contributed by atoms with van der Waals surface area (Å²) >= 11 is 0. The number of likely N-dealkylation sites (tertiary alicyclic amines) is 1. The number of nitrogens with one attached hydrogen (secondary N) is 1. The molecule has 3 rings (SSSR count). The average molecular weight is 321 g/mol. The first-order valence-electron chi connectivity index (χ1n) is 7.65. The molecule has 1 N–H and O–H groups in total. The van der Waals surface area contributed by atoms with Crippen LogP contribution in [0.1, 0.15) is 17.5 Å². The molecule has 0 bridgehead atoms. The molecule has 22 heavy (non-hydrogen) atoms. The van der Waals surface area contributed by atoms with Crippen molar-refractivity contribution >= 4 is 12.4 Å². The predicted molar refractivity (Wildman–Crippen MR) is 93.4 cm³/mol. The number of aryl methyl sites for hydroxylation is 2. The third-order valence-electron chi connectivity index (χ3n) is 4.44. The van der Waals surface area contributed by atoms with Crippen molar-refractivity contribution in [3.05, 3.63) is 41.6 Å². The molecule has 0 radical (unpaired) electrons. The number of nitrogens with zero attached hydrogens (tertiary/aromatic N) is 3. The smallest absolute Gasteiger partial charge is 0.0682 e. The van der Waals surface area contributed by atoms with E-state index in [2.05, 4.69) is 53.6 Å².